The van der Waals surface area contributed by atoms with Crippen LogP contribution in [0.15, 0.2) is 35.7 Å². The normalized spacial score (nSPS) is 18.8. The Hall–Kier alpha value is -1.42. The Morgan fingerprint density at radius 1 is 1.61 bits per heavy atom. The van der Waals surface area contributed by atoms with Gasteiger partial charge in [-0.05, 0) is 36.8 Å². The molecule has 4 heteroatoms. The number of rotatable bonds is 2. The molecule has 18 heavy (non-hydrogen) atoms. The number of methoxy groups -OCH3 is 1. The number of ether oxygens (including phenoxy) is 1. The first kappa shape index (κ1) is 13.0. The number of amides is 1. The van der Waals surface area contributed by atoms with Crippen molar-refractivity contribution in [1.82, 2.24) is 4.90 Å². The molecule has 0 unspecified atom stereocenters. The molecular formula is C14H17NO2S. The Kier molecular flexibility index (Phi) is 3.97. The Bertz CT molecular complexity index is 473. The predicted molar refractivity (Wildman–Crippen MR) is 73.9 cm³/mol. The van der Waals surface area contributed by atoms with Crippen molar-refractivity contribution in [1.29, 1.82) is 0 Å². The van der Waals surface area contributed by atoms with Crippen LogP contribution in [0.2, 0.25) is 0 Å². The highest BCUT2D eigenvalue weighted by Gasteiger charge is 2.23. The first-order valence-corrected chi connectivity index (χ1v) is 6.87. The lowest BCUT2D eigenvalue weighted by Crippen LogP contribution is -2.37. The number of hydrogen-bond donors (Lipinski definition) is 0. The third-order valence-corrected chi connectivity index (χ3v) is 4.44. The van der Waals surface area contributed by atoms with E-state index in [2.05, 4.69) is 19.6 Å². The van der Waals surface area contributed by atoms with Crippen molar-refractivity contribution < 1.29 is 9.53 Å². The minimum Gasteiger partial charge on any atom is -0.497 e. The van der Waals surface area contributed by atoms with Gasteiger partial charge in [-0.1, -0.05) is 6.58 Å². The molecule has 0 N–H and O–H groups in total. The van der Waals surface area contributed by atoms with Gasteiger partial charge < -0.3 is 9.64 Å². The number of benzene rings is 1. The molecule has 0 spiro atoms. The van der Waals surface area contributed by atoms with Gasteiger partial charge >= 0.3 is 0 Å². The summed E-state index contributed by atoms with van der Waals surface area (Å²) in [5, 5.41) is 0. The number of carbonyl (C=O) groups excluding carboxylic acids is 1. The standard InChI is InChI=1S/C14H17NO2S/c1-4-14(16)15-8-11-7-12(17-3)5-6-13(11)18-9-10(15)2/h4-7,10H,1,8-9H2,2-3H3/t10-/m0/s1. The van der Waals surface area contributed by atoms with Crippen LogP contribution < -0.4 is 4.74 Å². The summed E-state index contributed by atoms with van der Waals surface area (Å²) < 4.78 is 5.24. The first-order valence-electron chi connectivity index (χ1n) is 5.88. The van der Waals surface area contributed by atoms with Crippen LogP contribution in [-0.4, -0.2) is 29.7 Å². The number of nitrogens with zero attached hydrogens (tertiary/aromatic N) is 1. The molecule has 0 radical (unpaired) electrons. The lowest BCUT2D eigenvalue weighted by atomic mass is 10.1. The fraction of sp³-hybridized carbons (Fsp3) is 0.357. The molecule has 0 saturated carbocycles. The van der Waals surface area contributed by atoms with Crippen LogP contribution in [0.5, 0.6) is 5.75 Å². The van der Waals surface area contributed by atoms with Crippen molar-refractivity contribution in [3.8, 4) is 5.75 Å². The second-order valence-corrected chi connectivity index (χ2v) is 5.37. The highest BCUT2D eigenvalue weighted by molar-refractivity contribution is 7.99. The maximum Gasteiger partial charge on any atom is 0.246 e. The highest BCUT2D eigenvalue weighted by atomic mass is 32.2. The SMILES string of the molecule is C=CC(=O)N1Cc2cc(OC)ccc2SC[C@@H]1C. The van der Waals surface area contributed by atoms with E-state index in [0.717, 1.165) is 17.1 Å². The van der Waals surface area contributed by atoms with E-state index in [1.807, 2.05) is 17.0 Å². The Labute approximate surface area is 112 Å². The van der Waals surface area contributed by atoms with Gasteiger partial charge in [-0.2, -0.15) is 0 Å². The molecule has 1 heterocycles. The molecule has 0 bridgehead atoms. The van der Waals surface area contributed by atoms with E-state index in [4.69, 9.17) is 4.74 Å². The van der Waals surface area contributed by atoms with Gasteiger partial charge in [-0.3, -0.25) is 4.79 Å². The zero-order valence-corrected chi connectivity index (χ0v) is 11.5. The lowest BCUT2D eigenvalue weighted by molar-refractivity contribution is -0.128. The molecule has 0 aliphatic carbocycles. The third-order valence-electron chi connectivity index (χ3n) is 3.08. The second-order valence-electron chi connectivity index (χ2n) is 4.30. The van der Waals surface area contributed by atoms with Gasteiger partial charge in [0.25, 0.3) is 0 Å². The van der Waals surface area contributed by atoms with E-state index in [1.54, 1.807) is 18.9 Å². The number of fused-ring (bicyclic) bond motifs is 1. The quantitative estimate of drug-likeness (QED) is 0.768. The maximum absolute atomic E-state index is 11.9. The topological polar surface area (TPSA) is 29.5 Å². The average molecular weight is 263 g/mol. The van der Waals surface area contributed by atoms with Gasteiger partial charge in [0, 0.05) is 23.2 Å². The van der Waals surface area contributed by atoms with Crippen LogP contribution in [0.4, 0.5) is 0 Å². The van der Waals surface area contributed by atoms with Crippen LogP contribution in [0.25, 0.3) is 0 Å². The number of hydrogen-bond acceptors (Lipinski definition) is 3. The Morgan fingerprint density at radius 2 is 2.39 bits per heavy atom. The molecule has 0 fully saturated rings. The molecule has 1 aliphatic heterocycles. The summed E-state index contributed by atoms with van der Waals surface area (Å²) in [5.41, 5.74) is 1.14. The summed E-state index contributed by atoms with van der Waals surface area (Å²) in [6.07, 6.45) is 1.38. The van der Waals surface area contributed by atoms with Crippen molar-refractivity contribution >= 4 is 17.7 Å². The maximum atomic E-state index is 11.9. The molecule has 0 saturated heterocycles. The van der Waals surface area contributed by atoms with Gasteiger partial charge in [0.2, 0.25) is 5.91 Å². The number of thioether (sulfide) groups is 1. The zero-order chi connectivity index (χ0) is 13.1. The summed E-state index contributed by atoms with van der Waals surface area (Å²) in [6.45, 7) is 6.25. The monoisotopic (exact) mass is 263 g/mol. The van der Waals surface area contributed by atoms with E-state index in [-0.39, 0.29) is 11.9 Å². The molecule has 2 rings (SSSR count). The van der Waals surface area contributed by atoms with Crippen LogP contribution in [0.3, 0.4) is 0 Å². The molecule has 3 nitrogen and oxygen atoms in total. The fourth-order valence-electron chi connectivity index (χ4n) is 2.00. The van der Waals surface area contributed by atoms with Gasteiger partial charge in [0.05, 0.1) is 7.11 Å². The minimum absolute atomic E-state index is 0.0150. The van der Waals surface area contributed by atoms with E-state index in [1.165, 1.54) is 11.0 Å². The Balaban J connectivity index is 2.34. The number of carbonyl (C=O) groups is 1. The molecule has 1 aliphatic rings. The fourth-order valence-corrected chi connectivity index (χ4v) is 3.07. The zero-order valence-electron chi connectivity index (χ0n) is 10.7. The van der Waals surface area contributed by atoms with E-state index in [9.17, 15) is 4.79 Å². The minimum atomic E-state index is -0.0150. The predicted octanol–water partition coefficient (Wildman–Crippen LogP) is 2.70. The molecule has 1 aromatic carbocycles. The smallest absolute Gasteiger partial charge is 0.246 e. The summed E-state index contributed by atoms with van der Waals surface area (Å²) in [6, 6.07) is 6.23. The Morgan fingerprint density at radius 3 is 3.06 bits per heavy atom. The van der Waals surface area contributed by atoms with Gasteiger partial charge in [0.15, 0.2) is 0 Å². The van der Waals surface area contributed by atoms with Crippen molar-refractivity contribution in [2.45, 2.75) is 24.4 Å². The van der Waals surface area contributed by atoms with Crippen LogP contribution in [0.1, 0.15) is 12.5 Å². The van der Waals surface area contributed by atoms with Crippen molar-refractivity contribution in [3.05, 3.63) is 36.4 Å². The van der Waals surface area contributed by atoms with Crippen LogP contribution in [-0.2, 0) is 11.3 Å². The molecule has 96 valence electrons. The van der Waals surface area contributed by atoms with E-state index >= 15 is 0 Å². The third kappa shape index (κ3) is 2.53. The van der Waals surface area contributed by atoms with E-state index < -0.39 is 0 Å². The van der Waals surface area contributed by atoms with Crippen LogP contribution >= 0.6 is 11.8 Å². The largest absolute Gasteiger partial charge is 0.497 e. The van der Waals surface area contributed by atoms with Crippen molar-refractivity contribution in [2.75, 3.05) is 12.9 Å². The molecule has 1 atom stereocenters. The molecule has 0 aromatic heterocycles. The van der Waals surface area contributed by atoms with Gasteiger partial charge in [-0.25, -0.2) is 0 Å². The molecule has 1 amide bonds. The summed E-state index contributed by atoms with van der Waals surface area (Å²) in [5.74, 6) is 1.72. The summed E-state index contributed by atoms with van der Waals surface area (Å²) in [7, 11) is 1.65. The highest BCUT2D eigenvalue weighted by Crippen LogP contribution is 2.32. The molecular weight excluding hydrogens is 246 g/mol. The van der Waals surface area contributed by atoms with E-state index in [0.29, 0.717) is 6.54 Å². The summed E-state index contributed by atoms with van der Waals surface area (Å²) in [4.78, 5) is 14.9. The average Bonchev–Trinajstić information content (AvgIpc) is 2.57. The van der Waals surface area contributed by atoms with Crippen LogP contribution in [0, 0.1) is 0 Å². The molecule has 1 aromatic rings. The van der Waals surface area contributed by atoms with Gasteiger partial charge in [0.1, 0.15) is 5.75 Å². The second kappa shape index (κ2) is 5.48. The van der Waals surface area contributed by atoms with Crippen molar-refractivity contribution in [3.63, 3.8) is 0 Å². The van der Waals surface area contributed by atoms with Gasteiger partial charge in [-0.15, -0.1) is 11.8 Å². The summed E-state index contributed by atoms with van der Waals surface area (Å²) >= 11 is 1.78. The first-order chi connectivity index (χ1) is 8.65. The van der Waals surface area contributed by atoms with Crippen molar-refractivity contribution in [2.24, 2.45) is 0 Å². The lowest BCUT2D eigenvalue weighted by Gasteiger charge is -2.25.